The first-order chi connectivity index (χ1) is 6.41. The van der Waals surface area contributed by atoms with Gasteiger partial charge in [-0.3, -0.25) is 0 Å². The molecule has 0 radical (unpaired) electrons. The minimum Gasteiger partial charge on any atom is -0.598 e. The van der Waals surface area contributed by atoms with Gasteiger partial charge in [0.15, 0.2) is 6.39 Å². The number of hydrogen-bond donors (Lipinski definition) is 1. The van der Waals surface area contributed by atoms with Gasteiger partial charge < -0.3 is 8.97 Å². The zero-order valence-electron chi connectivity index (χ0n) is 8.90. The first-order valence-corrected chi connectivity index (χ1v) is 5.62. The van der Waals surface area contributed by atoms with Gasteiger partial charge in [0.25, 0.3) is 0 Å². The summed E-state index contributed by atoms with van der Waals surface area (Å²) < 4.78 is 19.5. The molecule has 1 unspecified atom stereocenters. The van der Waals surface area contributed by atoms with Crippen LogP contribution >= 0.6 is 0 Å². The second-order valence-electron chi connectivity index (χ2n) is 4.12. The predicted octanol–water partition coefficient (Wildman–Crippen LogP) is 1.79. The summed E-state index contributed by atoms with van der Waals surface area (Å²) in [6.07, 6.45) is 2.99. The number of aromatic nitrogens is 1. The molecule has 1 N–H and O–H groups in total. The fourth-order valence-electron chi connectivity index (χ4n) is 0.835. The van der Waals surface area contributed by atoms with Crippen molar-refractivity contribution in [3.05, 3.63) is 18.4 Å². The summed E-state index contributed by atoms with van der Waals surface area (Å²) in [6, 6.07) is -0.0856. The van der Waals surface area contributed by atoms with Crippen LogP contribution in [0.15, 0.2) is 17.0 Å². The summed E-state index contributed by atoms with van der Waals surface area (Å²) in [4.78, 5) is 3.81. The van der Waals surface area contributed by atoms with Crippen molar-refractivity contribution < 1.29 is 8.97 Å². The fraction of sp³-hybridized carbons (Fsp3) is 0.667. The maximum absolute atomic E-state index is 11.7. The molecule has 1 aromatic heterocycles. The van der Waals surface area contributed by atoms with Crippen LogP contribution in [0, 0.1) is 0 Å². The lowest BCUT2D eigenvalue weighted by atomic mass is 10.3. The molecule has 14 heavy (non-hydrogen) atoms. The van der Waals surface area contributed by atoms with Gasteiger partial charge in [-0.05, 0) is 27.7 Å². The van der Waals surface area contributed by atoms with E-state index < -0.39 is 11.4 Å². The summed E-state index contributed by atoms with van der Waals surface area (Å²) in [5.41, 5.74) is 0. The maximum Gasteiger partial charge on any atom is 0.180 e. The Hall–Kier alpha value is -0.520. The molecule has 4 nitrogen and oxygen atoms in total. The Morgan fingerprint density at radius 1 is 1.57 bits per heavy atom. The van der Waals surface area contributed by atoms with Crippen molar-refractivity contribution in [2.75, 3.05) is 0 Å². The zero-order valence-corrected chi connectivity index (χ0v) is 9.72. The fourth-order valence-corrected chi connectivity index (χ4v) is 1.63. The topological polar surface area (TPSA) is 61.1 Å². The van der Waals surface area contributed by atoms with E-state index in [1.165, 1.54) is 6.39 Å². The highest BCUT2D eigenvalue weighted by molar-refractivity contribution is 7.90. The van der Waals surface area contributed by atoms with Crippen LogP contribution < -0.4 is 4.72 Å². The van der Waals surface area contributed by atoms with E-state index in [1.807, 2.05) is 27.7 Å². The minimum absolute atomic E-state index is 0.0856. The molecule has 0 bridgehead atoms. The lowest BCUT2D eigenvalue weighted by Gasteiger charge is -2.25. The molecule has 0 aliphatic carbocycles. The van der Waals surface area contributed by atoms with E-state index in [0.29, 0.717) is 5.76 Å². The third-order valence-electron chi connectivity index (χ3n) is 1.72. The van der Waals surface area contributed by atoms with Crippen LogP contribution in [-0.4, -0.2) is 14.3 Å². The van der Waals surface area contributed by atoms with Crippen molar-refractivity contribution in [2.24, 2.45) is 0 Å². The quantitative estimate of drug-likeness (QED) is 0.782. The molecule has 80 valence electrons. The Labute approximate surface area is 87.4 Å². The molecular formula is C9H16N2O2S. The molecule has 1 aromatic rings. The third-order valence-corrected chi connectivity index (χ3v) is 3.40. The molecule has 0 saturated carbocycles. The molecule has 0 aliphatic rings. The molecule has 0 aromatic carbocycles. The smallest absolute Gasteiger partial charge is 0.180 e. The lowest BCUT2D eigenvalue weighted by molar-refractivity contribution is 0.451. The van der Waals surface area contributed by atoms with Crippen LogP contribution in [0.3, 0.4) is 0 Å². The number of rotatable bonds is 3. The van der Waals surface area contributed by atoms with Crippen molar-refractivity contribution in [3.8, 4) is 0 Å². The Kier molecular flexibility index (Phi) is 3.58. The van der Waals surface area contributed by atoms with Crippen LogP contribution in [0.4, 0.5) is 0 Å². The van der Waals surface area contributed by atoms with E-state index in [0.717, 1.165) is 0 Å². The van der Waals surface area contributed by atoms with Crippen molar-refractivity contribution in [1.82, 2.24) is 9.71 Å². The first kappa shape index (κ1) is 11.6. The SMILES string of the molecule is CC(N[S@+]([O-])C(C)(C)C)c1cnco1. The zero-order chi connectivity index (χ0) is 10.8. The van der Waals surface area contributed by atoms with Crippen LogP contribution in [0.25, 0.3) is 0 Å². The van der Waals surface area contributed by atoms with E-state index >= 15 is 0 Å². The van der Waals surface area contributed by atoms with Gasteiger partial charge in [-0.2, -0.15) is 0 Å². The molecule has 0 spiro atoms. The van der Waals surface area contributed by atoms with Gasteiger partial charge in [0, 0.05) is 11.4 Å². The molecule has 0 amide bonds. The van der Waals surface area contributed by atoms with E-state index in [4.69, 9.17) is 4.42 Å². The second kappa shape index (κ2) is 4.33. The molecule has 1 heterocycles. The average Bonchev–Trinajstić information content (AvgIpc) is 2.53. The second-order valence-corrected chi connectivity index (χ2v) is 6.12. The van der Waals surface area contributed by atoms with Gasteiger partial charge >= 0.3 is 0 Å². The van der Waals surface area contributed by atoms with Gasteiger partial charge in [0.05, 0.1) is 6.20 Å². The van der Waals surface area contributed by atoms with E-state index in [2.05, 4.69) is 9.71 Å². The van der Waals surface area contributed by atoms with Crippen LogP contribution in [0.5, 0.6) is 0 Å². The van der Waals surface area contributed by atoms with Crippen molar-refractivity contribution in [2.45, 2.75) is 38.5 Å². The Morgan fingerprint density at radius 2 is 2.21 bits per heavy atom. The molecule has 0 aliphatic heterocycles. The van der Waals surface area contributed by atoms with Gasteiger partial charge in [-0.25, -0.2) is 4.98 Å². The summed E-state index contributed by atoms with van der Waals surface area (Å²) >= 11 is -1.09. The molecule has 5 heteroatoms. The van der Waals surface area contributed by atoms with E-state index in [-0.39, 0.29) is 10.8 Å². The number of oxazole rings is 1. The van der Waals surface area contributed by atoms with Gasteiger partial charge in [0.2, 0.25) is 0 Å². The van der Waals surface area contributed by atoms with Crippen LogP contribution in [0.1, 0.15) is 39.5 Å². The highest BCUT2D eigenvalue weighted by Gasteiger charge is 2.28. The lowest BCUT2D eigenvalue weighted by Crippen LogP contribution is -2.40. The van der Waals surface area contributed by atoms with Gasteiger partial charge in [-0.1, -0.05) is 0 Å². The minimum atomic E-state index is -1.09. The Balaban J connectivity index is 2.53. The van der Waals surface area contributed by atoms with Crippen molar-refractivity contribution in [3.63, 3.8) is 0 Å². The van der Waals surface area contributed by atoms with Gasteiger partial charge in [0.1, 0.15) is 16.5 Å². The van der Waals surface area contributed by atoms with Crippen molar-refractivity contribution in [1.29, 1.82) is 0 Å². The summed E-state index contributed by atoms with van der Waals surface area (Å²) in [7, 11) is 0. The third kappa shape index (κ3) is 3.01. The van der Waals surface area contributed by atoms with Gasteiger partial charge in [-0.15, -0.1) is 4.72 Å². The average molecular weight is 216 g/mol. The molecule has 0 fully saturated rings. The predicted molar refractivity (Wildman–Crippen MR) is 55.9 cm³/mol. The number of nitrogens with zero attached hydrogens (tertiary/aromatic N) is 1. The molecular weight excluding hydrogens is 200 g/mol. The number of hydrogen-bond acceptors (Lipinski definition) is 4. The number of nitrogens with one attached hydrogen (secondary N) is 1. The Bertz CT molecular complexity index is 269. The molecule has 0 saturated heterocycles. The maximum atomic E-state index is 11.7. The van der Waals surface area contributed by atoms with Crippen LogP contribution in [-0.2, 0) is 11.4 Å². The summed E-state index contributed by atoms with van der Waals surface area (Å²) in [5, 5.41) is 0. The summed E-state index contributed by atoms with van der Waals surface area (Å²) in [6.45, 7) is 7.65. The highest BCUT2D eigenvalue weighted by Crippen LogP contribution is 2.18. The van der Waals surface area contributed by atoms with E-state index in [9.17, 15) is 4.55 Å². The normalized spacial score (nSPS) is 16.6. The standard InChI is InChI=1S/C9H16N2O2S/c1-7(8-5-10-6-13-8)11-14(12)9(2,3)4/h5-7,11H,1-4H3/t7?,14-/m1/s1. The van der Waals surface area contributed by atoms with Crippen LogP contribution in [0.2, 0.25) is 0 Å². The highest BCUT2D eigenvalue weighted by atomic mass is 32.2. The first-order valence-electron chi connectivity index (χ1n) is 4.47. The van der Waals surface area contributed by atoms with E-state index in [1.54, 1.807) is 6.20 Å². The largest absolute Gasteiger partial charge is 0.598 e. The van der Waals surface area contributed by atoms with Crippen molar-refractivity contribution >= 4 is 11.4 Å². The monoisotopic (exact) mass is 216 g/mol. The summed E-state index contributed by atoms with van der Waals surface area (Å²) in [5.74, 6) is 0.697. The molecule has 2 atom stereocenters. The Morgan fingerprint density at radius 3 is 2.64 bits per heavy atom. The molecule has 1 rings (SSSR count).